The number of hydrogen-bond donors (Lipinski definition) is 3. The third kappa shape index (κ3) is 2.81. The van der Waals surface area contributed by atoms with Crippen LogP contribution in [0.3, 0.4) is 0 Å². The minimum atomic E-state index is -0.0166. The van der Waals surface area contributed by atoms with E-state index >= 15 is 0 Å². The number of carbonyl (C=O) groups is 1. The molecule has 0 radical (unpaired) electrons. The Morgan fingerprint density at radius 1 is 1.05 bits per heavy atom. The number of nitrogens with zero attached hydrogens (tertiary/aromatic N) is 1. The fourth-order valence-corrected chi connectivity index (χ4v) is 2.59. The zero-order valence-electron chi connectivity index (χ0n) is 11.0. The van der Waals surface area contributed by atoms with Crippen LogP contribution < -0.4 is 16.1 Å². The van der Waals surface area contributed by atoms with Crippen LogP contribution in [0.4, 0.5) is 11.4 Å². The molecule has 1 fully saturated rings. The van der Waals surface area contributed by atoms with Crippen LogP contribution in [0.1, 0.15) is 29.6 Å². The number of anilines is 2. The zero-order chi connectivity index (χ0) is 13.1. The van der Waals surface area contributed by atoms with Gasteiger partial charge in [-0.05, 0) is 31.0 Å². The standard InChI is InChI=1S/C14H20N4O/c19-14(17-18-8-2-1-3-9-18)11-4-5-12-13(10-11)16-7-6-15-12/h4-5,10,15-16H,1-3,6-9H2,(H,17,19). The van der Waals surface area contributed by atoms with Crippen LogP contribution in [0.25, 0.3) is 0 Å². The van der Waals surface area contributed by atoms with Crippen molar-refractivity contribution in [1.29, 1.82) is 0 Å². The predicted molar refractivity (Wildman–Crippen MR) is 76.3 cm³/mol. The second kappa shape index (κ2) is 5.48. The van der Waals surface area contributed by atoms with E-state index in [2.05, 4.69) is 16.1 Å². The SMILES string of the molecule is O=C(NN1CCCCC1)c1ccc2c(c1)NCCN2. The van der Waals surface area contributed by atoms with Gasteiger partial charge in [-0.2, -0.15) is 0 Å². The average molecular weight is 260 g/mol. The van der Waals surface area contributed by atoms with Crippen molar-refractivity contribution in [2.75, 3.05) is 36.8 Å². The van der Waals surface area contributed by atoms with E-state index in [0.717, 1.165) is 50.4 Å². The molecule has 0 saturated carbocycles. The Hall–Kier alpha value is -1.75. The molecular formula is C14H20N4O. The molecule has 5 nitrogen and oxygen atoms in total. The molecule has 1 amide bonds. The van der Waals surface area contributed by atoms with Crippen LogP contribution in [0.2, 0.25) is 0 Å². The van der Waals surface area contributed by atoms with Gasteiger partial charge in [0.05, 0.1) is 11.4 Å². The Morgan fingerprint density at radius 3 is 2.58 bits per heavy atom. The fourth-order valence-electron chi connectivity index (χ4n) is 2.59. The first kappa shape index (κ1) is 12.3. The molecule has 1 aromatic carbocycles. The largest absolute Gasteiger partial charge is 0.382 e. The number of fused-ring (bicyclic) bond motifs is 1. The maximum atomic E-state index is 12.2. The van der Waals surface area contributed by atoms with Gasteiger partial charge in [-0.1, -0.05) is 6.42 Å². The van der Waals surface area contributed by atoms with Crippen LogP contribution in [0, 0.1) is 0 Å². The van der Waals surface area contributed by atoms with Gasteiger partial charge < -0.3 is 10.6 Å². The molecule has 3 N–H and O–H groups in total. The molecule has 0 atom stereocenters. The summed E-state index contributed by atoms with van der Waals surface area (Å²) in [5, 5.41) is 8.64. The molecule has 2 heterocycles. The van der Waals surface area contributed by atoms with E-state index in [4.69, 9.17) is 0 Å². The molecule has 1 saturated heterocycles. The van der Waals surface area contributed by atoms with Gasteiger partial charge in [-0.25, -0.2) is 5.01 Å². The molecule has 0 aromatic heterocycles. The third-order valence-corrected chi connectivity index (χ3v) is 3.65. The Morgan fingerprint density at radius 2 is 1.79 bits per heavy atom. The molecular weight excluding hydrogens is 240 g/mol. The van der Waals surface area contributed by atoms with Gasteiger partial charge in [0.1, 0.15) is 0 Å². The molecule has 19 heavy (non-hydrogen) atoms. The molecule has 0 aliphatic carbocycles. The number of hydrogen-bond acceptors (Lipinski definition) is 4. The lowest BCUT2D eigenvalue weighted by molar-refractivity contribution is 0.0750. The number of hydrazine groups is 1. The van der Waals surface area contributed by atoms with E-state index in [1.54, 1.807) is 0 Å². The first-order chi connectivity index (χ1) is 9.33. The minimum Gasteiger partial charge on any atom is -0.382 e. The Labute approximate surface area is 113 Å². The van der Waals surface area contributed by atoms with Gasteiger partial charge in [-0.15, -0.1) is 0 Å². The number of amides is 1. The van der Waals surface area contributed by atoms with Crippen molar-refractivity contribution in [3.05, 3.63) is 23.8 Å². The summed E-state index contributed by atoms with van der Waals surface area (Å²) in [5.74, 6) is -0.0166. The lowest BCUT2D eigenvalue weighted by Gasteiger charge is -2.27. The van der Waals surface area contributed by atoms with Crippen LogP contribution in [-0.4, -0.2) is 37.1 Å². The van der Waals surface area contributed by atoms with Gasteiger partial charge in [0.15, 0.2) is 0 Å². The lowest BCUT2D eigenvalue weighted by Crippen LogP contribution is -2.45. The van der Waals surface area contributed by atoms with Crippen molar-refractivity contribution in [3.63, 3.8) is 0 Å². The van der Waals surface area contributed by atoms with Crippen LogP contribution in [0.5, 0.6) is 0 Å². The lowest BCUT2D eigenvalue weighted by atomic mass is 10.1. The van der Waals surface area contributed by atoms with Crippen molar-refractivity contribution < 1.29 is 4.79 Å². The predicted octanol–water partition coefficient (Wildman–Crippen LogP) is 1.65. The molecule has 5 heteroatoms. The fraction of sp³-hybridized carbons (Fsp3) is 0.500. The Balaban J connectivity index is 1.69. The van der Waals surface area contributed by atoms with Gasteiger partial charge in [0.25, 0.3) is 5.91 Å². The van der Waals surface area contributed by atoms with Crippen molar-refractivity contribution in [3.8, 4) is 0 Å². The number of piperidine rings is 1. The van der Waals surface area contributed by atoms with Gasteiger partial charge in [-0.3, -0.25) is 10.2 Å². The second-order valence-electron chi connectivity index (χ2n) is 5.10. The smallest absolute Gasteiger partial charge is 0.265 e. The molecule has 2 aliphatic rings. The summed E-state index contributed by atoms with van der Waals surface area (Å²) < 4.78 is 0. The highest BCUT2D eigenvalue weighted by Gasteiger charge is 2.16. The number of benzene rings is 1. The first-order valence-corrected chi connectivity index (χ1v) is 7.01. The quantitative estimate of drug-likeness (QED) is 0.757. The topological polar surface area (TPSA) is 56.4 Å². The number of nitrogens with one attached hydrogen (secondary N) is 3. The molecule has 1 aromatic rings. The summed E-state index contributed by atoms with van der Waals surface area (Å²) in [7, 11) is 0. The molecule has 0 bridgehead atoms. The zero-order valence-corrected chi connectivity index (χ0v) is 11.0. The van der Waals surface area contributed by atoms with E-state index in [1.807, 2.05) is 23.2 Å². The Kier molecular flexibility index (Phi) is 3.55. The highest BCUT2D eigenvalue weighted by atomic mass is 16.2. The van der Waals surface area contributed by atoms with E-state index < -0.39 is 0 Å². The minimum absolute atomic E-state index is 0.0166. The number of rotatable bonds is 2. The second-order valence-corrected chi connectivity index (χ2v) is 5.10. The Bertz CT molecular complexity index is 469. The maximum absolute atomic E-state index is 12.2. The molecule has 0 spiro atoms. The molecule has 3 rings (SSSR count). The molecule has 102 valence electrons. The summed E-state index contributed by atoms with van der Waals surface area (Å²) in [4.78, 5) is 12.2. The van der Waals surface area contributed by atoms with Gasteiger partial charge in [0.2, 0.25) is 0 Å². The van der Waals surface area contributed by atoms with Gasteiger partial charge >= 0.3 is 0 Å². The normalized spacial score (nSPS) is 18.9. The average Bonchev–Trinajstić information content (AvgIpc) is 2.48. The van der Waals surface area contributed by atoms with Crippen LogP contribution in [0.15, 0.2) is 18.2 Å². The highest BCUT2D eigenvalue weighted by Crippen LogP contribution is 2.25. The molecule has 0 unspecified atom stereocenters. The summed E-state index contributed by atoms with van der Waals surface area (Å²) in [6.45, 7) is 3.73. The third-order valence-electron chi connectivity index (χ3n) is 3.65. The van der Waals surface area contributed by atoms with Crippen molar-refractivity contribution in [1.82, 2.24) is 10.4 Å². The van der Waals surface area contributed by atoms with Gasteiger partial charge in [0, 0.05) is 31.7 Å². The van der Waals surface area contributed by atoms with Crippen molar-refractivity contribution in [2.45, 2.75) is 19.3 Å². The van der Waals surface area contributed by atoms with E-state index in [-0.39, 0.29) is 5.91 Å². The van der Waals surface area contributed by atoms with Crippen molar-refractivity contribution >= 4 is 17.3 Å². The van der Waals surface area contributed by atoms with Crippen LogP contribution >= 0.6 is 0 Å². The summed E-state index contributed by atoms with van der Waals surface area (Å²) >= 11 is 0. The highest BCUT2D eigenvalue weighted by molar-refractivity contribution is 5.96. The van der Waals surface area contributed by atoms with E-state index in [9.17, 15) is 4.79 Å². The monoisotopic (exact) mass is 260 g/mol. The number of carbonyl (C=O) groups excluding carboxylic acids is 1. The van der Waals surface area contributed by atoms with Crippen LogP contribution in [-0.2, 0) is 0 Å². The summed E-state index contributed by atoms with van der Waals surface area (Å²) in [5.41, 5.74) is 5.78. The summed E-state index contributed by atoms with van der Waals surface area (Å²) in [6.07, 6.45) is 3.59. The molecule has 2 aliphatic heterocycles. The van der Waals surface area contributed by atoms with E-state index in [0.29, 0.717) is 5.56 Å². The van der Waals surface area contributed by atoms with Crippen molar-refractivity contribution in [2.24, 2.45) is 0 Å². The first-order valence-electron chi connectivity index (χ1n) is 7.01. The summed E-state index contributed by atoms with van der Waals surface area (Å²) in [6, 6.07) is 5.76. The maximum Gasteiger partial charge on any atom is 0.265 e. The van der Waals surface area contributed by atoms with E-state index in [1.165, 1.54) is 6.42 Å².